The Morgan fingerprint density at radius 1 is 1.47 bits per heavy atom. The summed E-state index contributed by atoms with van der Waals surface area (Å²) in [4.78, 5) is 0. The van der Waals surface area contributed by atoms with Gasteiger partial charge in [-0.05, 0) is 30.5 Å². The molecule has 1 aromatic rings. The topological polar surface area (TPSA) is 70.6 Å². The molecule has 0 aromatic heterocycles. The summed E-state index contributed by atoms with van der Waals surface area (Å²) in [6.07, 6.45) is 2.03. The average molecular weight is 261 g/mol. The highest BCUT2D eigenvalue weighted by atomic mass is 16.4. The molecule has 0 fully saturated rings. The zero-order chi connectivity index (χ0) is 13.9. The van der Waals surface area contributed by atoms with Crippen molar-refractivity contribution in [2.24, 2.45) is 16.3 Å². The molecule has 1 atom stereocenters. The monoisotopic (exact) mass is 261 g/mol. The minimum absolute atomic E-state index is 0.265. The molecule has 4 N–H and O–H groups in total. The molecule has 1 aliphatic rings. The maximum absolute atomic E-state index is 8.71. The van der Waals surface area contributed by atoms with Crippen molar-refractivity contribution in [1.29, 1.82) is 0 Å². The number of amidine groups is 1. The van der Waals surface area contributed by atoms with Gasteiger partial charge < -0.3 is 16.3 Å². The first-order valence-corrected chi connectivity index (χ1v) is 6.81. The summed E-state index contributed by atoms with van der Waals surface area (Å²) in [5.41, 5.74) is 8.36. The lowest BCUT2D eigenvalue weighted by Gasteiger charge is -2.31. The molecule has 0 bridgehead atoms. The van der Waals surface area contributed by atoms with E-state index in [0.717, 1.165) is 19.5 Å². The summed E-state index contributed by atoms with van der Waals surface area (Å²) in [6, 6.07) is 8.62. The number of nitrogens with zero attached hydrogens (tertiary/aromatic N) is 1. The highest BCUT2D eigenvalue weighted by molar-refractivity contribution is 5.85. The predicted molar refractivity (Wildman–Crippen MR) is 77.6 cm³/mol. The van der Waals surface area contributed by atoms with Gasteiger partial charge in [0.05, 0.1) is 0 Å². The first-order valence-electron chi connectivity index (χ1n) is 6.81. The summed E-state index contributed by atoms with van der Waals surface area (Å²) in [6.45, 7) is 5.86. The van der Waals surface area contributed by atoms with E-state index in [1.165, 1.54) is 17.5 Å². The third kappa shape index (κ3) is 3.07. The van der Waals surface area contributed by atoms with E-state index >= 15 is 0 Å². The van der Waals surface area contributed by atoms with E-state index in [4.69, 9.17) is 10.9 Å². The first kappa shape index (κ1) is 13.9. The number of hydrogen-bond donors (Lipinski definition) is 3. The maximum atomic E-state index is 8.71. The summed E-state index contributed by atoms with van der Waals surface area (Å²) >= 11 is 0. The standard InChI is InChI=1S/C15H23N3O/c1-15(2,14(16)18-19)7-8-17-10-12-9-11-5-3-4-6-13(11)12/h3-6,12,17,19H,7-10H2,1-2H3,(H2,16,18). The van der Waals surface area contributed by atoms with Gasteiger partial charge in [-0.2, -0.15) is 0 Å². The van der Waals surface area contributed by atoms with Gasteiger partial charge in [0.2, 0.25) is 0 Å². The van der Waals surface area contributed by atoms with Crippen LogP contribution in [0.4, 0.5) is 0 Å². The highest BCUT2D eigenvalue weighted by Crippen LogP contribution is 2.34. The van der Waals surface area contributed by atoms with Crippen molar-refractivity contribution in [2.75, 3.05) is 13.1 Å². The summed E-state index contributed by atoms with van der Waals surface area (Å²) in [5.74, 6) is 0.937. The minimum Gasteiger partial charge on any atom is -0.409 e. The fraction of sp³-hybridized carbons (Fsp3) is 0.533. The van der Waals surface area contributed by atoms with Crippen LogP contribution in [0.3, 0.4) is 0 Å². The average Bonchev–Trinajstić information content (AvgIpc) is 2.38. The molecule has 19 heavy (non-hydrogen) atoms. The molecule has 0 saturated heterocycles. The van der Waals surface area contributed by atoms with Crippen LogP contribution in [0.5, 0.6) is 0 Å². The van der Waals surface area contributed by atoms with Crippen molar-refractivity contribution in [3.8, 4) is 0 Å². The Morgan fingerprint density at radius 2 is 2.21 bits per heavy atom. The molecule has 0 spiro atoms. The SMILES string of the molecule is CC(C)(CCNCC1Cc2ccccc21)C(N)=NO. The molecule has 1 aromatic carbocycles. The lowest BCUT2D eigenvalue weighted by Crippen LogP contribution is -2.36. The van der Waals surface area contributed by atoms with Crippen molar-refractivity contribution < 1.29 is 5.21 Å². The Balaban J connectivity index is 1.72. The molecule has 0 aliphatic heterocycles. The number of hydrogen-bond acceptors (Lipinski definition) is 3. The van der Waals surface area contributed by atoms with Gasteiger partial charge in [0.25, 0.3) is 0 Å². The van der Waals surface area contributed by atoms with Crippen LogP contribution >= 0.6 is 0 Å². The highest BCUT2D eigenvalue weighted by Gasteiger charge is 2.26. The normalized spacial score (nSPS) is 18.8. The van der Waals surface area contributed by atoms with Gasteiger partial charge in [0, 0.05) is 17.9 Å². The molecule has 1 unspecified atom stereocenters. The van der Waals surface area contributed by atoms with E-state index in [-0.39, 0.29) is 5.41 Å². The third-order valence-electron chi connectivity index (χ3n) is 4.08. The molecule has 104 valence electrons. The Hall–Kier alpha value is -1.55. The second-order valence-electron chi connectivity index (χ2n) is 5.92. The summed E-state index contributed by atoms with van der Waals surface area (Å²) in [5, 5.41) is 15.3. The van der Waals surface area contributed by atoms with E-state index in [9.17, 15) is 0 Å². The van der Waals surface area contributed by atoms with Crippen molar-refractivity contribution in [3.05, 3.63) is 35.4 Å². The van der Waals surface area contributed by atoms with Gasteiger partial charge in [-0.3, -0.25) is 0 Å². The quantitative estimate of drug-likeness (QED) is 0.241. The van der Waals surface area contributed by atoms with E-state index < -0.39 is 0 Å². The lowest BCUT2D eigenvalue weighted by atomic mass is 9.77. The second-order valence-corrected chi connectivity index (χ2v) is 5.92. The van der Waals surface area contributed by atoms with Gasteiger partial charge in [-0.25, -0.2) is 0 Å². The number of fused-ring (bicyclic) bond motifs is 1. The molecule has 0 radical (unpaired) electrons. The van der Waals surface area contributed by atoms with Crippen LogP contribution < -0.4 is 11.1 Å². The lowest BCUT2D eigenvalue weighted by molar-refractivity contribution is 0.304. The largest absolute Gasteiger partial charge is 0.409 e. The number of benzene rings is 1. The number of oxime groups is 1. The zero-order valence-corrected chi connectivity index (χ0v) is 11.7. The Morgan fingerprint density at radius 3 is 2.89 bits per heavy atom. The van der Waals surface area contributed by atoms with Crippen LogP contribution in [0, 0.1) is 5.41 Å². The number of rotatable bonds is 6. The van der Waals surface area contributed by atoms with Gasteiger partial charge >= 0.3 is 0 Å². The van der Waals surface area contributed by atoms with Crippen molar-refractivity contribution in [2.45, 2.75) is 32.6 Å². The molecular weight excluding hydrogens is 238 g/mol. The molecule has 4 nitrogen and oxygen atoms in total. The fourth-order valence-electron chi connectivity index (χ4n) is 2.49. The molecule has 4 heteroatoms. The van der Waals surface area contributed by atoms with E-state index in [1.807, 2.05) is 13.8 Å². The van der Waals surface area contributed by atoms with Crippen LogP contribution in [-0.4, -0.2) is 24.1 Å². The van der Waals surface area contributed by atoms with Gasteiger partial charge in [-0.15, -0.1) is 0 Å². The van der Waals surface area contributed by atoms with Crippen LogP contribution in [0.15, 0.2) is 29.4 Å². The fourth-order valence-corrected chi connectivity index (χ4v) is 2.49. The van der Waals surface area contributed by atoms with Crippen LogP contribution in [0.25, 0.3) is 0 Å². The minimum atomic E-state index is -0.265. The van der Waals surface area contributed by atoms with Crippen LogP contribution in [0.1, 0.15) is 37.3 Å². The second kappa shape index (κ2) is 5.61. The predicted octanol–water partition coefficient (Wildman–Crippen LogP) is 2.08. The first-order chi connectivity index (χ1) is 9.04. The Kier molecular flexibility index (Phi) is 4.10. The zero-order valence-electron chi connectivity index (χ0n) is 11.7. The number of nitrogens with one attached hydrogen (secondary N) is 1. The Labute approximate surface area is 114 Å². The van der Waals surface area contributed by atoms with Gasteiger partial charge in [0.1, 0.15) is 5.84 Å². The van der Waals surface area contributed by atoms with Crippen molar-refractivity contribution in [3.63, 3.8) is 0 Å². The molecule has 0 amide bonds. The Bertz CT molecular complexity index is 468. The van der Waals surface area contributed by atoms with Crippen LogP contribution in [-0.2, 0) is 6.42 Å². The molecule has 1 aliphatic carbocycles. The molecule has 2 rings (SSSR count). The smallest absolute Gasteiger partial charge is 0.144 e. The van der Waals surface area contributed by atoms with E-state index in [0.29, 0.717) is 11.8 Å². The van der Waals surface area contributed by atoms with Gasteiger partial charge in [0.15, 0.2) is 0 Å². The summed E-state index contributed by atoms with van der Waals surface area (Å²) < 4.78 is 0. The van der Waals surface area contributed by atoms with Crippen molar-refractivity contribution in [1.82, 2.24) is 5.32 Å². The van der Waals surface area contributed by atoms with Gasteiger partial charge in [-0.1, -0.05) is 43.3 Å². The summed E-state index contributed by atoms with van der Waals surface area (Å²) in [7, 11) is 0. The molecular formula is C15H23N3O. The van der Waals surface area contributed by atoms with E-state index in [1.54, 1.807) is 0 Å². The van der Waals surface area contributed by atoms with E-state index in [2.05, 4.69) is 34.7 Å². The molecule has 0 saturated carbocycles. The number of nitrogens with two attached hydrogens (primary N) is 1. The maximum Gasteiger partial charge on any atom is 0.144 e. The van der Waals surface area contributed by atoms with Crippen molar-refractivity contribution >= 4 is 5.84 Å². The third-order valence-corrected chi connectivity index (χ3v) is 4.08. The van der Waals surface area contributed by atoms with Crippen LogP contribution in [0.2, 0.25) is 0 Å². The molecule has 0 heterocycles.